The second-order valence-corrected chi connectivity index (χ2v) is 7.21. The third kappa shape index (κ3) is 4.59. The van der Waals surface area contributed by atoms with Crippen LogP contribution < -0.4 is 5.32 Å². The number of urea groups is 1. The van der Waals surface area contributed by atoms with Crippen molar-refractivity contribution in [2.45, 2.75) is 58.4 Å². The lowest BCUT2D eigenvalue weighted by atomic mass is 9.77. The summed E-state index contributed by atoms with van der Waals surface area (Å²) in [5, 5.41) is 12.7. The first-order chi connectivity index (χ1) is 10.6. The summed E-state index contributed by atoms with van der Waals surface area (Å²) in [6, 6.07) is 0.258. The molecule has 2 N–H and O–H groups in total. The zero-order chi connectivity index (χ0) is 16.0. The molecule has 5 heteroatoms. The minimum absolute atomic E-state index is 0.0379. The van der Waals surface area contributed by atoms with Gasteiger partial charge in [0.25, 0.3) is 0 Å². The molecule has 2 amide bonds. The molecule has 0 aromatic heterocycles. The molecule has 128 valence electrons. The number of hydrogen-bond donors (Lipinski definition) is 2. The summed E-state index contributed by atoms with van der Waals surface area (Å²) in [4.78, 5) is 16.7. The van der Waals surface area contributed by atoms with E-state index >= 15 is 0 Å². The van der Waals surface area contributed by atoms with Crippen LogP contribution in [0.4, 0.5) is 4.79 Å². The highest BCUT2D eigenvalue weighted by Crippen LogP contribution is 2.34. The molecule has 0 spiro atoms. The smallest absolute Gasteiger partial charge is 0.317 e. The van der Waals surface area contributed by atoms with Crippen LogP contribution in [-0.4, -0.2) is 66.3 Å². The minimum Gasteiger partial charge on any atom is -0.396 e. The number of likely N-dealkylation sites (tertiary alicyclic amines) is 2. The first kappa shape index (κ1) is 17.5. The standard InChI is InChI=1S/C17H33N3O2/c1-3-17(14-21)7-11-20(12-8-17)16(22)18-15(2)13-19-9-5-4-6-10-19/h15,21H,3-14H2,1-2H3,(H,18,22). The molecule has 1 atom stereocenters. The second kappa shape index (κ2) is 8.16. The molecule has 1 unspecified atom stereocenters. The van der Waals surface area contributed by atoms with Gasteiger partial charge in [0.2, 0.25) is 0 Å². The largest absolute Gasteiger partial charge is 0.396 e. The van der Waals surface area contributed by atoms with Crippen LogP contribution in [0.3, 0.4) is 0 Å². The number of nitrogens with zero attached hydrogens (tertiary/aromatic N) is 2. The molecule has 0 saturated carbocycles. The third-order valence-corrected chi connectivity index (χ3v) is 5.55. The van der Waals surface area contributed by atoms with Gasteiger partial charge in [0.1, 0.15) is 0 Å². The Morgan fingerprint density at radius 2 is 1.82 bits per heavy atom. The fourth-order valence-electron chi connectivity index (χ4n) is 3.68. The topological polar surface area (TPSA) is 55.8 Å². The average Bonchev–Trinajstić information content (AvgIpc) is 2.55. The normalized spacial score (nSPS) is 24.0. The van der Waals surface area contributed by atoms with Crippen LogP contribution >= 0.6 is 0 Å². The van der Waals surface area contributed by atoms with Crippen molar-refractivity contribution in [2.75, 3.05) is 39.3 Å². The SMILES string of the molecule is CCC1(CO)CCN(C(=O)NC(C)CN2CCCCC2)CC1. The molecule has 0 aromatic rings. The highest BCUT2D eigenvalue weighted by Gasteiger charge is 2.34. The van der Waals surface area contributed by atoms with Crippen LogP contribution in [0.2, 0.25) is 0 Å². The van der Waals surface area contributed by atoms with Crippen LogP contribution in [-0.2, 0) is 0 Å². The molecule has 2 heterocycles. The number of piperidine rings is 2. The van der Waals surface area contributed by atoms with Crippen molar-refractivity contribution in [1.29, 1.82) is 0 Å². The second-order valence-electron chi connectivity index (χ2n) is 7.21. The van der Waals surface area contributed by atoms with Crippen molar-refractivity contribution in [2.24, 2.45) is 5.41 Å². The Morgan fingerprint density at radius 1 is 1.18 bits per heavy atom. The Bertz CT molecular complexity index is 342. The fraction of sp³-hybridized carbons (Fsp3) is 0.941. The van der Waals surface area contributed by atoms with E-state index in [0.717, 1.165) is 38.9 Å². The van der Waals surface area contributed by atoms with Gasteiger partial charge in [-0.05, 0) is 57.5 Å². The lowest BCUT2D eigenvalue weighted by Crippen LogP contribution is -2.52. The van der Waals surface area contributed by atoms with Gasteiger partial charge < -0.3 is 20.2 Å². The molecule has 22 heavy (non-hydrogen) atoms. The van der Waals surface area contributed by atoms with E-state index in [1.165, 1.54) is 32.4 Å². The van der Waals surface area contributed by atoms with E-state index in [4.69, 9.17) is 0 Å². The predicted molar refractivity (Wildman–Crippen MR) is 88.9 cm³/mol. The number of aliphatic hydroxyl groups is 1. The van der Waals surface area contributed by atoms with Crippen molar-refractivity contribution < 1.29 is 9.90 Å². The van der Waals surface area contributed by atoms with Crippen molar-refractivity contribution in [1.82, 2.24) is 15.1 Å². The van der Waals surface area contributed by atoms with Gasteiger partial charge in [-0.25, -0.2) is 4.79 Å². The molecule has 2 aliphatic heterocycles. The first-order valence-electron chi connectivity index (χ1n) is 8.97. The van der Waals surface area contributed by atoms with E-state index in [0.29, 0.717) is 0 Å². The molecule has 2 saturated heterocycles. The van der Waals surface area contributed by atoms with Crippen LogP contribution in [0.1, 0.15) is 52.4 Å². The molecule has 2 rings (SSSR count). The third-order valence-electron chi connectivity index (χ3n) is 5.55. The Morgan fingerprint density at radius 3 is 2.36 bits per heavy atom. The molecule has 5 nitrogen and oxygen atoms in total. The maximum Gasteiger partial charge on any atom is 0.317 e. The van der Waals surface area contributed by atoms with Crippen LogP contribution in [0.15, 0.2) is 0 Å². The lowest BCUT2D eigenvalue weighted by Gasteiger charge is -2.40. The number of hydrogen-bond acceptors (Lipinski definition) is 3. The Hall–Kier alpha value is -0.810. The van der Waals surface area contributed by atoms with Crippen molar-refractivity contribution in [3.63, 3.8) is 0 Å². The van der Waals surface area contributed by atoms with Gasteiger partial charge in [-0.1, -0.05) is 13.3 Å². The van der Waals surface area contributed by atoms with Gasteiger partial charge in [0, 0.05) is 32.3 Å². The molecule has 2 aliphatic rings. The molecule has 0 aliphatic carbocycles. The van der Waals surface area contributed by atoms with Gasteiger partial charge in [0.15, 0.2) is 0 Å². The monoisotopic (exact) mass is 311 g/mol. The quantitative estimate of drug-likeness (QED) is 0.817. The van der Waals surface area contributed by atoms with E-state index in [-0.39, 0.29) is 24.1 Å². The Kier molecular flexibility index (Phi) is 6.50. The summed E-state index contributed by atoms with van der Waals surface area (Å²) in [6.45, 7) is 9.28. The molecular weight excluding hydrogens is 278 g/mol. The van der Waals surface area contributed by atoms with E-state index in [9.17, 15) is 9.90 Å². The number of nitrogens with one attached hydrogen (secondary N) is 1. The summed E-state index contributed by atoms with van der Waals surface area (Å²) in [5.41, 5.74) is 0.0379. The van der Waals surface area contributed by atoms with E-state index in [1.54, 1.807) is 0 Å². The van der Waals surface area contributed by atoms with Crippen molar-refractivity contribution in [3.05, 3.63) is 0 Å². The van der Waals surface area contributed by atoms with E-state index in [2.05, 4.69) is 24.1 Å². The molecule has 0 aromatic carbocycles. The first-order valence-corrected chi connectivity index (χ1v) is 8.97. The number of carbonyl (C=O) groups excluding carboxylic acids is 1. The number of amides is 2. The van der Waals surface area contributed by atoms with Gasteiger partial charge in [0.05, 0.1) is 0 Å². The maximum absolute atomic E-state index is 12.4. The molecule has 2 fully saturated rings. The maximum atomic E-state index is 12.4. The summed E-state index contributed by atoms with van der Waals surface area (Å²) >= 11 is 0. The van der Waals surface area contributed by atoms with Gasteiger partial charge in [-0.15, -0.1) is 0 Å². The fourth-order valence-corrected chi connectivity index (χ4v) is 3.68. The summed E-state index contributed by atoms with van der Waals surface area (Å²) in [6.07, 6.45) is 6.72. The summed E-state index contributed by atoms with van der Waals surface area (Å²) < 4.78 is 0. The zero-order valence-corrected chi connectivity index (χ0v) is 14.3. The summed E-state index contributed by atoms with van der Waals surface area (Å²) in [5.74, 6) is 0. The van der Waals surface area contributed by atoms with Crippen LogP contribution in [0, 0.1) is 5.41 Å². The summed E-state index contributed by atoms with van der Waals surface area (Å²) in [7, 11) is 0. The Labute approximate surface area is 135 Å². The molecule has 0 bridgehead atoms. The van der Waals surface area contributed by atoms with E-state index in [1.807, 2.05) is 4.90 Å². The van der Waals surface area contributed by atoms with Gasteiger partial charge >= 0.3 is 6.03 Å². The van der Waals surface area contributed by atoms with Gasteiger partial charge in [-0.3, -0.25) is 0 Å². The van der Waals surface area contributed by atoms with Crippen molar-refractivity contribution in [3.8, 4) is 0 Å². The highest BCUT2D eigenvalue weighted by atomic mass is 16.3. The molecular formula is C17H33N3O2. The number of aliphatic hydroxyl groups excluding tert-OH is 1. The number of rotatable bonds is 5. The highest BCUT2D eigenvalue weighted by molar-refractivity contribution is 5.74. The average molecular weight is 311 g/mol. The van der Waals surface area contributed by atoms with Gasteiger partial charge in [-0.2, -0.15) is 0 Å². The number of carbonyl (C=O) groups is 1. The molecule has 0 radical (unpaired) electrons. The Balaban J connectivity index is 1.73. The lowest BCUT2D eigenvalue weighted by molar-refractivity contribution is 0.0513. The van der Waals surface area contributed by atoms with E-state index < -0.39 is 0 Å². The predicted octanol–water partition coefficient (Wildman–Crippen LogP) is 2.05. The van der Waals surface area contributed by atoms with Crippen molar-refractivity contribution >= 4 is 6.03 Å². The van der Waals surface area contributed by atoms with Crippen LogP contribution in [0.25, 0.3) is 0 Å². The van der Waals surface area contributed by atoms with Crippen LogP contribution in [0.5, 0.6) is 0 Å². The zero-order valence-electron chi connectivity index (χ0n) is 14.3. The minimum atomic E-state index is 0.0379.